The third-order valence-electron chi connectivity index (χ3n) is 3.37. The van der Waals surface area contributed by atoms with E-state index in [0.717, 1.165) is 6.42 Å². The third-order valence-corrected chi connectivity index (χ3v) is 3.37. The van der Waals surface area contributed by atoms with Crippen molar-refractivity contribution in [3.8, 4) is 0 Å². The van der Waals surface area contributed by atoms with Crippen LogP contribution < -0.4 is 10.6 Å². The minimum absolute atomic E-state index is 0.0253. The molecule has 0 spiro atoms. The van der Waals surface area contributed by atoms with Crippen LogP contribution in [0.15, 0.2) is 0 Å². The highest BCUT2D eigenvalue weighted by atomic mass is 16.6. The molecule has 0 radical (unpaired) electrons. The number of carbonyl (C=O) groups excluding carboxylic acids is 3. The maximum absolute atomic E-state index is 12.5. The van der Waals surface area contributed by atoms with Crippen molar-refractivity contribution in [1.29, 1.82) is 0 Å². The highest BCUT2D eigenvalue weighted by Crippen LogP contribution is 2.19. The molecule has 0 saturated carbocycles. The third kappa shape index (κ3) is 6.08. The molecule has 2 atom stereocenters. The Morgan fingerprint density at radius 1 is 1.13 bits per heavy atom. The molecule has 1 rings (SSSR count). The second kappa shape index (κ2) is 7.66. The second-order valence-electron chi connectivity index (χ2n) is 7.22. The number of hydrogen-bond acceptors (Lipinski definition) is 4. The van der Waals surface area contributed by atoms with E-state index < -0.39 is 23.8 Å². The summed E-state index contributed by atoms with van der Waals surface area (Å²) < 4.78 is 5.15. The molecular weight excluding hydrogens is 298 g/mol. The summed E-state index contributed by atoms with van der Waals surface area (Å²) in [4.78, 5) is 38.0. The van der Waals surface area contributed by atoms with Crippen LogP contribution in [0.4, 0.5) is 4.79 Å². The number of rotatable bonds is 4. The normalized spacial score (nSPS) is 19.4. The lowest BCUT2D eigenvalue weighted by Gasteiger charge is -2.28. The summed E-state index contributed by atoms with van der Waals surface area (Å²) in [6, 6.07) is -1.18. The van der Waals surface area contributed by atoms with E-state index in [1.807, 2.05) is 13.8 Å². The van der Waals surface area contributed by atoms with E-state index in [-0.39, 0.29) is 17.9 Å². The van der Waals surface area contributed by atoms with Gasteiger partial charge in [0.2, 0.25) is 11.8 Å². The lowest BCUT2D eigenvalue weighted by molar-refractivity contribution is -0.139. The summed E-state index contributed by atoms with van der Waals surface area (Å²) in [5, 5.41) is 5.36. The van der Waals surface area contributed by atoms with Crippen molar-refractivity contribution in [2.75, 3.05) is 6.54 Å². The van der Waals surface area contributed by atoms with Crippen LogP contribution in [0.1, 0.15) is 54.4 Å². The van der Waals surface area contributed by atoms with Crippen molar-refractivity contribution in [3.05, 3.63) is 0 Å². The zero-order valence-corrected chi connectivity index (χ0v) is 14.9. The Bertz CT molecular complexity index is 457. The molecule has 7 nitrogen and oxygen atoms in total. The molecule has 1 heterocycles. The average Bonchev–Trinajstić information content (AvgIpc) is 2.83. The van der Waals surface area contributed by atoms with Crippen LogP contribution in [0.3, 0.4) is 0 Å². The summed E-state index contributed by atoms with van der Waals surface area (Å²) in [6.07, 6.45) is 0.783. The maximum atomic E-state index is 12.5. The topological polar surface area (TPSA) is 87.7 Å². The Labute approximate surface area is 138 Å². The SMILES string of the molecule is CC(C)NC(=O)[C@@H]1CCCN1C(=O)[C@H](C)NC(=O)OC(C)(C)C. The Kier molecular flexibility index (Phi) is 6.41. The van der Waals surface area contributed by atoms with Gasteiger partial charge in [0.1, 0.15) is 17.7 Å². The first-order valence-electron chi connectivity index (χ1n) is 8.11. The molecule has 1 fully saturated rings. The minimum Gasteiger partial charge on any atom is -0.444 e. The molecular formula is C16H29N3O4. The fourth-order valence-electron chi connectivity index (χ4n) is 2.48. The average molecular weight is 327 g/mol. The van der Waals surface area contributed by atoms with Crippen LogP contribution in [0.5, 0.6) is 0 Å². The van der Waals surface area contributed by atoms with Crippen LogP contribution >= 0.6 is 0 Å². The van der Waals surface area contributed by atoms with E-state index in [9.17, 15) is 14.4 Å². The van der Waals surface area contributed by atoms with Gasteiger partial charge in [-0.2, -0.15) is 0 Å². The van der Waals surface area contributed by atoms with E-state index in [4.69, 9.17) is 4.74 Å². The summed E-state index contributed by atoms with van der Waals surface area (Å²) in [5.74, 6) is -0.410. The minimum atomic E-state index is -0.739. The predicted octanol–water partition coefficient (Wildman–Crippen LogP) is 1.42. The molecule has 3 amide bonds. The van der Waals surface area contributed by atoms with Crippen molar-refractivity contribution < 1.29 is 19.1 Å². The van der Waals surface area contributed by atoms with Crippen LogP contribution in [0.2, 0.25) is 0 Å². The van der Waals surface area contributed by atoms with Crippen molar-refractivity contribution >= 4 is 17.9 Å². The largest absolute Gasteiger partial charge is 0.444 e. The number of nitrogens with zero attached hydrogens (tertiary/aromatic N) is 1. The second-order valence-corrected chi connectivity index (χ2v) is 7.22. The first kappa shape index (κ1) is 19.3. The lowest BCUT2D eigenvalue weighted by atomic mass is 10.1. The smallest absolute Gasteiger partial charge is 0.408 e. The number of ether oxygens (including phenoxy) is 1. The van der Waals surface area contributed by atoms with Gasteiger partial charge in [0.25, 0.3) is 0 Å². The van der Waals surface area contributed by atoms with Crippen LogP contribution in [-0.2, 0) is 14.3 Å². The number of amides is 3. The molecule has 1 aliphatic rings. The molecule has 0 aliphatic carbocycles. The van der Waals surface area contributed by atoms with Gasteiger partial charge in [0.05, 0.1) is 0 Å². The monoisotopic (exact) mass is 327 g/mol. The zero-order chi connectivity index (χ0) is 17.8. The van der Waals surface area contributed by atoms with Gasteiger partial charge in [0, 0.05) is 12.6 Å². The molecule has 23 heavy (non-hydrogen) atoms. The number of likely N-dealkylation sites (tertiary alicyclic amines) is 1. The first-order chi connectivity index (χ1) is 10.5. The Hall–Kier alpha value is -1.79. The molecule has 1 saturated heterocycles. The number of nitrogens with one attached hydrogen (secondary N) is 2. The highest BCUT2D eigenvalue weighted by molar-refractivity contribution is 5.91. The molecule has 0 aromatic rings. The Morgan fingerprint density at radius 3 is 2.26 bits per heavy atom. The van der Waals surface area contributed by atoms with Gasteiger partial charge in [-0.25, -0.2) is 4.79 Å². The highest BCUT2D eigenvalue weighted by Gasteiger charge is 2.36. The van der Waals surface area contributed by atoms with E-state index in [1.165, 1.54) is 0 Å². The molecule has 0 bridgehead atoms. The van der Waals surface area contributed by atoms with E-state index in [1.54, 1.807) is 32.6 Å². The van der Waals surface area contributed by atoms with Crippen LogP contribution in [0.25, 0.3) is 0 Å². The molecule has 7 heteroatoms. The van der Waals surface area contributed by atoms with Gasteiger partial charge in [-0.3, -0.25) is 9.59 Å². The molecule has 0 unspecified atom stereocenters. The Balaban J connectivity index is 2.64. The first-order valence-corrected chi connectivity index (χ1v) is 8.11. The predicted molar refractivity (Wildman–Crippen MR) is 86.8 cm³/mol. The van der Waals surface area contributed by atoms with Gasteiger partial charge in [-0.1, -0.05) is 0 Å². The summed E-state index contributed by atoms with van der Waals surface area (Å²) in [5.41, 5.74) is -0.625. The van der Waals surface area contributed by atoms with Gasteiger partial charge in [-0.05, 0) is 54.4 Å². The number of alkyl carbamates (subject to hydrolysis) is 1. The van der Waals surface area contributed by atoms with Crippen LogP contribution in [0, 0.1) is 0 Å². The van der Waals surface area contributed by atoms with E-state index in [0.29, 0.717) is 13.0 Å². The van der Waals surface area contributed by atoms with Crippen molar-refractivity contribution in [3.63, 3.8) is 0 Å². The molecule has 2 N–H and O–H groups in total. The van der Waals surface area contributed by atoms with Crippen molar-refractivity contribution in [1.82, 2.24) is 15.5 Å². The van der Waals surface area contributed by atoms with Gasteiger partial charge in [0.15, 0.2) is 0 Å². The molecule has 0 aromatic heterocycles. The van der Waals surface area contributed by atoms with E-state index in [2.05, 4.69) is 10.6 Å². The lowest BCUT2D eigenvalue weighted by Crippen LogP contribution is -2.53. The van der Waals surface area contributed by atoms with E-state index >= 15 is 0 Å². The quantitative estimate of drug-likeness (QED) is 0.817. The summed E-state index contributed by atoms with van der Waals surface area (Å²) in [7, 11) is 0. The standard InChI is InChI=1S/C16H29N3O4/c1-10(2)17-13(20)12-8-7-9-19(12)14(21)11(3)18-15(22)23-16(4,5)6/h10-12H,7-9H2,1-6H3,(H,17,20)(H,18,22)/t11-,12-/m0/s1. The maximum Gasteiger partial charge on any atom is 0.408 e. The fraction of sp³-hybridized carbons (Fsp3) is 0.812. The van der Waals surface area contributed by atoms with Gasteiger partial charge >= 0.3 is 6.09 Å². The molecule has 132 valence electrons. The fourth-order valence-corrected chi connectivity index (χ4v) is 2.48. The van der Waals surface area contributed by atoms with Gasteiger partial charge in [-0.15, -0.1) is 0 Å². The van der Waals surface area contributed by atoms with Crippen molar-refractivity contribution in [2.24, 2.45) is 0 Å². The summed E-state index contributed by atoms with van der Waals surface area (Å²) in [6.45, 7) is 11.2. The number of carbonyl (C=O) groups is 3. The van der Waals surface area contributed by atoms with Gasteiger partial charge < -0.3 is 20.3 Å². The number of hydrogen-bond donors (Lipinski definition) is 2. The van der Waals surface area contributed by atoms with Crippen LogP contribution in [-0.4, -0.2) is 53.1 Å². The van der Waals surface area contributed by atoms with Crippen molar-refractivity contribution in [2.45, 2.75) is 78.1 Å². The molecule has 0 aromatic carbocycles. The zero-order valence-electron chi connectivity index (χ0n) is 14.9. The molecule has 1 aliphatic heterocycles. The summed E-state index contributed by atoms with van der Waals surface area (Å²) >= 11 is 0. The Morgan fingerprint density at radius 2 is 1.74 bits per heavy atom.